The van der Waals surface area contributed by atoms with E-state index < -0.39 is 9.84 Å². The van der Waals surface area contributed by atoms with E-state index in [9.17, 15) is 8.42 Å². The SMILES string of the molecule is CNC(CCc1cccs1)c1cccc(S(C)(=O)=O)c1. The van der Waals surface area contributed by atoms with E-state index in [4.69, 9.17) is 0 Å². The highest BCUT2D eigenvalue weighted by atomic mass is 32.2. The highest BCUT2D eigenvalue weighted by Crippen LogP contribution is 2.23. The Balaban J connectivity index is 2.15. The Morgan fingerprint density at radius 3 is 2.65 bits per heavy atom. The predicted octanol–water partition coefficient (Wildman–Crippen LogP) is 3.04. The summed E-state index contributed by atoms with van der Waals surface area (Å²) in [5.41, 5.74) is 1.02. The third kappa shape index (κ3) is 3.91. The summed E-state index contributed by atoms with van der Waals surface area (Å²) in [6.07, 6.45) is 3.18. The average molecular weight is 309 g/mol. The summed E-state index contributed by atoms with van der Waals surface area (Å²) in [5, 5.41) is 5.35. The van der Waals surface area contributed by atoms with Crippen molar-refractivity contribution in [2.45, 2.75) is 23.8 Å². The van der Waals surface area contributed by atoms with Crippen LogP contribution in [0.3, 0.4) is 0 Å². The molecule has 0 spiro atoms. The van der Waals surface area contributed by atoms with Crippen LogP contribution in [0.5, 0.6) is 0 Å². The van der Waals surface area contributed by atoms with Crippen molar-refractivity contribution in [2.75, 3.05) is 13.3 Å². The quantitative estimate of drug-likeness (QED) is 0.892. The van der Waals surface area contributed by atoms with Crippen molar-refractivity contribution < 1.29 is 8.42 Å². The molecule has 1 atom stereocenters. The lowest BCUT2D eigenvalue weighted by Gasteiger charge is -2.17. The molecule has 1 aromatic carbocycles. The fraction of sp³-hybridized carbons (Fsp3) is 0.333. The second-order valence-corrected chi connectivity index (χ2v) is 7.85. The Morgan fingerprint density at radius 2 is 2.05 bits per heavy atom. The zero-order valence-corrected chi connectivity index (χ0v) is 13.3. The summed E-state index contributed by atoms with van der Waals surface area (Å²) in [6.45, 7) is 0. The molecule has 20 heavy (non-hydrogen) atoms. The first-order valence-electron chi connectivity index (χ1n) is 6.50. The van der Waals surface area contributed by atoms with E-state index in [0.29, 0.717) is 4.90 Å². The standard InChI is InChI=1S/C15H19NO2S2/c1-16-15(9-8-13-6-4-10-19-13)12-5-3-7-14(11-12)20(2,17)18/h3-7,10-11,15-16H,8-9H2,1-2H3. The number of benzene rings is 1. The van der Waals surface area contributed by atoms with E-state index in [1.54, 1.807) is 29.5 Å². The van der Waals surface area contributed by atoms with Crippen molar-refractivity contribution in [3.05, 3.63) is 52.2 Å². The van der Waals surface area contributed by atoms with E-state index in [2.05, 4.69) is 22.8 Å². The molecule has 2 rings (SSSR count). The van der Waals surface area contributed by atoms with Crippen molar-refractivity contribution in [2.24, 2.45) is 0 Å². The molecule has 1 heterocycles. The molecule has 3 nitrogen and oxygen atoms in total. The minimum atomic E-state index is -3.15. The molecule has 0 bridgehead atoms. The van der Waals surface area contributed by atoms with Gasteiger partial charge in [0.05, 0.1) is 4.90 Å². The van der Waals surface area contributed by atoms with Crippen LogP contribution in [0.2, 0.25) is 0 Å². The molecule has 1 N–H and O–H groups in total. The van der Waals surface area contributed by atoms with Crippen molar-refractivity contribution >= 4 is 21.2 Å². The summed E-state index contributed by atoms with van der Waals surface area (Å²) < 4.78 is 23.2. The van der Waals surface area contributed by atoms with Gasteiger partial charge in [-0.15, -0.1) is 11.3 Å². The summed E-state index contributed by atoms with van der Waals surface area (Å²) in [7, 11) is -1.24. The molecule has 108 valence electrons. The minimum Gasteiger partial charge on any atom is -0.313 e. The van der Waals surface area contributed by atoms with Gasteiger partial charge in [0.15, 0.2) is 9.84 Å². The van der Waals surface area contributed by atoms with Gasteiger partial charge in [0.2, 0.25) is 0 Å². The number of hydrogen-bond donors (Lipinski definition) is 1. The van der Waals surface area contributed by atoms with Gasteiger partial charge >= 0.3 is 0 Å². The van der Waals surface area contributed by atoms with Gasteiger partial charge in [0, 0.05) is 17.2 Å². The van der Waals surface area contributed by atoms with Gasteiger partial charge in [-0.3, -0.25) is 0 Å². The van der Waals surface area contributed by atoms with E-state index in [1.807, 2.05) is 13.1 Å². The van der Waals surface area contributed by atoms with Crippen LogP contribution in [0.1, 0.15) is 22.9 Å². The molecule has 1 unspecified atom stereocenters. The first-order chi connectivity index (χ1) is 9.50. The van der Waals surface area contributed by atoms with E-state index in [-0.39, 0.29) is 6.04 Å². The minimum absolute atomic E-state index is 0.166. The second-order valence-electron chi connectivity index (χ2n) is 4.80. The van der Waals surface area contributed by atoms with Crippen LogP contribution in [-0.2, 0) is 16.3 Å². The molecule has 0 radical (unpaired) electrons. The van der Waals surface area contributed by atoms with Crippen LogP contribution in [0.4, 0.5) is 0 Å². The molecule has 0 aliphatic carbocycles. The Hall–Kier alpha value is -1.17. The van der Waals surface area contributed by atoms with Gasteiger partial charge in [-0.25, -0.2) is 8.42 Å². The Labute approximate surface area is 124 Å². The fourth-order valence-corrected chi connectivity index (χ4v) is 3.58. The molecule has 0 aliphatic rings. The highest BCUT2D eigenvalue weighted by molar-refractivity contribution is 7.90. The van der Waals surface area contributed by atoms with Gasteiger partial charge in [-0.2, -0.15) is 0 Å². The lowest BCUT2D eigenvalue weighted by atomic mass is 10.0. The van der Waals surface area contributed by atoms with E-state index in [0.717, 1.165) is 18.4 Å². The zero-order valence-electron chi connectivity index (χ0n) is 11.7. The molecule has 1 aromatic heterocycles. The van der Waals surface area contributed by atoms with Crippen LogP contribution >= 0.6 is 11.3 Å². The molecular weight excluding hydrogens is 290 g/mol. The van der Waals surface area contributed by atoms with Gasteiger partial charge in [-0.1, -0.05) is 18.2 Å². The van der Waals surface area contributed by atoms with Gasteiger partial charge in [0.25, 0.3) is 0 Å². The van der Waals surface area contributed by atoms with E-state index >= 15 is 0 Å². The monoisotopic (exact) mass is 309 g/mol. The summed E-state index contributed by atoms with van der Waals surface area (Å²) >= 11 is 1.75. The first kappa shape index (κ1) is 15.2. The van der Waals surface area contributed by atoms with E-state index in [1.165, 1.54) is 11.1 Å². The topological polar surface area (TPSA) is 46.2 Å². The van der Waals surface area contributed by atoms with Crippen LogP contribution in [-0.4, -0.2) is 21.7 Å². The third-order valence-corrected chi connectivity index (χ3v) is 5.34. The lowest BCUT2D eigenvalue weighted by molar-refractivity contribution is 0.549. The van der Waals surface area contributed by atoms with Gasteiger partial charge in [0.1, 0.15) is 0 Å². The third-order valence-electron chi connectivity index (χ3n) is 3.30. The smallest absolute Gasteiger partial charge is 0.175 e. The Kier molecular flexibility index (Phi) is 4.96. The molecule has 2 aromatic rings. The number of aryl methyl sites for hydroxylation is 1. The Morgan fingerprint density at radius 1 is 1.25 bits per heavy atom. The molecule has 0 aliphatic heterocycles. The summed E-state index contributed by atoms with van der Waals surface area (Å²) in [5.74, 6) is 0. The van der Waals surface area contributed by atoms with Crippen molar-refractivity contribution in [3.8, 4) is 0 Å². The van der Waals surface area contributed by atoms with Crippen LogP contribution in [0.25, 0.3) is 0 Å². The molecule has 0 saturated heterocycles. The van der Waals surface area contributed by atoms with Crippen LogP contribution in [0, 0.1) is 0 Å². The number of sulfone groups is 1. The number of hydrogen-bond acceptors (Lipinski definition) is 4. The van der Waals surface area contributed by atoms with Crippen LogP contribution in [0.15, 0.2) is 46.7 Å². The Bertz CT molecular complexity index is 648. The molecular formula is C15H19NO2S2. The van der Waals surface area contributed by atoms with Gasteiger partial charge in [-0.05, 0) is 49.0 Å². The number of thiophene rings is 1. The van der Waals surface area contributed by atoms with Gasteiger partial charge < -0.3 is 5.32 Å². The summed E-state index contributed by atoms with van der Waals surface area (Å²) in [6, 6.07) is 11.5. The van der Waals surface area contributed by atoms with Crippen LogP contribution < -0.4 is 5.32 Å². The average Bonchev–Trinajstić information content (AvgIpc) is 2.92. The zero-order chi connectivity index (χ0) is 14.6. The maximum absolute atomic E-state index is 11.6. The lowest BCUT2D eigenvalue weighted by Crippen LogP contribution is -2.17. The second kappa shape index (κ2) is 6.52. The normalized spacial score (nSPS) is 13.3. The number of nitrogens with one attached hydrogen (secondary N) is 1. The maximum Gasteiger partial charge on any atom is 0.175 e. The van der Waals surface area contributed by atoms with Crippen molar-refractivity contribution in [3.63, 3.8) is 0 Å². The predicted molar refractivity (Wildman–Crippen MR) is 84.0 cm³/mol. The fourth-order valence-electron chi connectivity index (χ4n) is 2.18. The largest absolute Gasteiger partial charge is 0.313 e. The molecule has 0 amide bonds. The first-order valence-corrected chi connectivity index (χ1v) is 9.27. The summed E-state index contributed by atoms with van der Waals surface area (Å²) in [4.78, 5) is 1.73. The molecule has 5 heteroatoms. The molecule has 0 fully saturated rings. The maximum atomic E-state index is 11.6. The van der Waals surface area contributed by atoms with Crippen molar-refractivity contribution in [1.82, 2.24) is 5.32 Å². The highest BCUT2D eigenvalue weighted by Gasteiger charge is 2.13. The number of rotatable bonds is 6. The van der Waals surface area contributed by atoms with Crippen molar-refractivity contribution in [1.29, 1.82) is 0 Å². The molecule has 0 saturated carbocycles.